The first kappa shape index (κ1) is 17.9. The van der Waals surface area contributed by atoms with E-state index in [1.807, 2.05) is 44.2 Å². The van der Waals surface area contributed by atoms with Crippen LogP contribution in [0.3, 0.4) is 0 Å². The van der Waals surface area contributed by atoms with E-state index in [1.165, 1.54) is 4.90 Å². The van der Waals surface area contributed by atoms with Crippen LogP contribution in [0.1, 0.15) is 19.4 Å². The van der Waals surface area contributed by atoms with E-state index in [9.17, 15) is 0 Å². The molecule has 2 aromatic rings. The van der Waals surface area contributed by atoms with Crippen molar-refractivity contribution in [1.29, 1.82) is 0 Å². The molecule has 0 radical (unpaired) electrons. The van der Waals surface area contributed by atoms with Gasteiger partial charge in [-0.1, -0.05) is 72.8 Å². The lowest BCUT2D eigenvalue weighted by Crippen LogP contribution is -1.94. The van der Waals surface area contributed by atoms with Crippen LogP contribution in [0.2, 0.25) is 0 Å². The number of benzene rings is 2. The number of hydrogen-bond acceptors (Lipinski definition) is 2. The standard InChI is InChI=1S/C16H15BrOS.C2H6/c1-13(18-11-14-6-3-2-4-7-14)12-19-16-9-5-8-15(17)10-16;1-2/h2-10H,1,11-12H2;1-2H3. The predicted molar refractivity (Wildman–Crippen MR) is 96.6 cm³/mol. The molecule has 0 amide bonds. The zero-order valence-electron chi connectivity index (χ0n) is 12.5. The lowest BCUT2D eigenvalue weighted by atomic mass is 10.2. The Morgan fingerprint density at radius 1 is 1.10 bits per heavy atom. The van der Waals surface area contributed by atoms with Crippen LogP contribution in [-0.4, -0.2) is 5.75 Å². The third kappa shape index (κ3) is 7.39. The molecule has 21 heavy (non-hydrogen) atoms. The number of rotatable bonds is 6. The monoisotopic (exact) mass is 364 g/mol. The zero-order valence-corrected chi connectivity index (χ0v) is 14.9. The highest BCUT2D eigenvalue weighted by molar-refractivity contribution is 9.10. The minimum atomic E-state index is 0.582. The average Bonchev–Trinajstić information content (AvgIpc) is 2.54. The molecule has 0 aliphatic rings. The van der Waals surface area contributed by atoms with Crippen molar-refractivity contribution < 1.29 is 4.74 Å². The summed E-state index contributed by atoms with van der Waals surface area (Å²) in [7, 11) is 0. The second-order valence-corrected chi connectivity index (χ2v) is 6.02. The smallest absolute Gasteiger partial charge is 0.113 e. The van der Waals surface area contributed by atoms with Crippen LogP contribution in [0.5, 0.6) is 0 Å². The summed E-state index contributed by atoms with van der Waals surface area (Å²) in [6, 6.07) is 18.3. The van der Waals surface area contributed by atoms with Crippen molar-refractivity contribution in [3.63, 3.8) is 0 Å². The molecule has 1 nitrogen and oxygen atoms in total. The molecule has 0 heterocycles. The van der Waals surface area contributed by atoms with Crippen molar-refractivity contribution in [3.8, 4) is 0 Å². The van der Waals surface area contributed by atoms with Gasteiger partial charge >= 0.3 is 0 Å². The molecule has 0 bridgehead atoms. The molecule has 0 spiro atoms. The highest BCUT2D eigenvalue weighted by Gasteiger charge is 2.00. The first-order valence-corrected chi connectivity index (χ1v) is 8.75. The molecule has 0 saturated carbocycles. The van der Waals surface area contributed by atoms with Gasteiger partial charge in [0.2, 0.25) is 0 Å². The summed E-state index contributed by atoms with van der Waals surface area (Å²) in [5.74, 6) is 1.57. The van der Waals surface area contributed by atoms with Gasteiger partial charge in [0.1, 0.15) is 6.61 Å². The molecule has 0 N–H and O–H groups in total. The van der Waals surface area contributed by atoms with E-state index in [0.29, 0.717) is 6.61 Å². The molecule has 112 valence electrons. The Hall–Kier alpha value is -1.19. The molecule has 3 heteroatoms. The summed E-state index contributed by atoms with van der Waals surface area (Å²) in [6.45, 7) is 8.53. The Kier molecular flexibility index (Phi) is 8.95. The minimum Gasteiger partial charge on any atom is -0.493 e. The van der Waals surface area contributed by atoms with Crippen molar-refractivity contribution >= 4 is 27.7 Å². The Bertz CT molecular complexity index is 540. The second kappa shape index (κ2) is 10.5. The molecule has 0 saturated heterocycles. The quantitative estimate of drug-likeness (QED) is 0.439. The molecule has 0 atom stereocenters. The second-order valence-electron chi connectivity index (χ2n) is 4.06. The highest BCUT2D eigenvalue weighted by atomic mass is 79.9. The van der Waals surface area contributed by atoms with Crippen LogP contribution < -0.4 is 0 Å². The Morgan fingerprint density at radius 2 is 1.81 bits per heavy atom. The van der Waals surface area contributed by atoms with Crippen LogP contribution in [0.4, 0.5) is 0 Å². The average molecular weight is 365 g/mol. The van der Waals surface area contributed by atoms with E-state index in [2.05, 4.69) is 46.8 Å². The molecule has 0 aromatic heterocycles. The Balaban J connectivity index is 0.00000106. The fourth-order valence-corrected chi connectivity index (χ4v) is 2.87. The molecule has 0 aliphatic carbocycles. The predicted octanol–water partition coefficient (Wildman–Crippen LogP) is 6.30. The normalized spacial score (nSPS) is 9.48. The molecule has 2 aromatic carbocycles. The fraction of sp³-hybridized carbons (Fsp3) is 0.222. The minimum absolute atomic E-state index is 0.582. The maximum absolute atomic E-state index is 5.65. The lowest BCUT2D eigenvalue weighted by Gasteiger charge is -2.09. The lowest BCUT2D eigenvalue weighted by molar-refractivity contribution is 0.204. The van der Waals surface area contributed by atoms with Crippen molar-refractivity contribution in [2.24, 2.45) is 0 Å². The summed E-state index contributed by atoms with van der Waals surface area (Å²) in [5.41, 5.74) is 1.16. The third-order valence-corrected chi connectivity index (χ3v) is 4.03. The van der Waals surface area contributed by atoms with Gasteiger partial charge in [-0.3, -0.25) is 0 Å². The summed E-state index contributed by atoms with van der Waals surface area (Å²) in [4.78, 5) is 1.21. The van der Waals surface area contributed by atoms with Gasteiger partial charge in [-0.2, -0.15) is 0 Å². The van der Waals surface area contributed by atoms with Crippen LogP contribution >= 0.6 is 27.7 Å². The van der Waals surface area contributed by atoms with Crippen LogP contribution in [0.15, 0.2) is 76.3 Å². The Morgan fingerprint density at radius 3 is 2.48 bits per heavy atom. The van der Waals surface area contributed by atoms with E-state index < -0.39 is 0 Å². The van der Waals surface area contributed by atoms with Crippen molar-refractivity contribution in [2.45, 2.75) is 25.3 Å². The first-order chi connectivity index (χ1) is 10.2. The topological polar surface area (TPSA) is 9.23 Å². The SMILES string of the molecule is C=C(CSc1cccc(Br)c1)OCc1ccccc1.CC. The molecule has 0 aliphatic heterocycles. The maximum atomic E-state index is 5.65. The van der Waals surface area contributed by atoms with Gasteiger partial charge in [0.05, 0.1) is 11.5 Å². The number of thioether (sulfide) groups is 1. The van der Waals surface area contributed by atoms with Crippen molar-refractivity contribution in [2.75, 3.05) is 5.75 Å². The van der Waals surface area contributed by atoms with E-state index in [0.717, 1.165) is 21.5 Å². The molecular formula is C18H21BrOS. The molecule has 0 unspecified atom stereocenters. The van der Waals surface area contributed by atoms with Gasteiger partial charge in [-0.05, 0) is 23.8 Å². The van der Waals surface area contributed by atoms with E-state index in [4.69, 9.17) is 4.74 Å². The van der Waals surface area contributed by atoms with Gasteiger partial charge in [0.15, 0.2) is 0 Å². The fourth-order valence-electron chi connectivity index (χ4n) is 1.52. The summed E-state index contributed by atoms with van der Waals surface area (Å²) >= 11 is 5.19. The van der Waals surface area contributed by atoms with Gasteiger partial charge < -0.3 is 4.74 Å². The number of hydrogen-bond donors (Lipinski definition) is 0. The van der Waals surface area contributed by atoms with Gasteiger partial charge in [-0.25, -0.2) is 0 Å². The molecular weight excluding hydrogens is 344 g/mol. The summed E-state index contributed by atoms with van der Waals surface area (Å²) in [6.07, 6.45) is 0. The van der Waals surface area contributed by atoms with Gasteiger partial charge in [-0.15, -0.1) is 11.8 Å². The van der Waals surface area contributed by atoms with Gasteiger partial charge in [0, 0.05) is 9.37 Å². The summed E-state index contributed by atoms with van der Waals surface area (Å²) in [5, 5.41) is 0. The zero-order chi connectivity index (χ0) is 15.5. The molecule has 2 rings (SSSR count). The molecule has 0 fully saturated rings. The van der Waals surface area contributed by atoms with Crippen molar-refractivity contribution in [3.05, 3.63) is 77.0 Å². The van der Waals surface area contributed by atoms with E-state index >= 15 is 0 Å². The summed E-state index contributed by atoms with van der Waals surface area (Å²) < 4.78 is 6.74. The highest BCUT2D eigenvalue weighted by Crippen LogP contribution is 2.23. The van der Waals surface area contributed by atoms with Crippen LogP contribution in [-0.2, 0) is 11.3 Å². The van der Waals surface area contributed by atoms with Gasteiger partial charge in [0.25, 0.3) is 0 Å². The van der Waals surface area contributed by atoms with Crippen LogP contribution in [0, 0.1) is 0 Å². The van der Waals surface area contributed by atoms with Crippen LogP contribution in [0.25, 0.3) is 0 Å². The maximum Gasteiger partial charge on any atom is 0.113 e. The third-order valence-electron chi connectivity index (χ3n) is 2.48. The first-order valence-electron chi connectivity index (χ1n) is 6.97. The van der Waals surface area contributed by atoms with Crippen molar-refractivity contribution in [1.82, 2.24) is 0 Å². The largest absolute Gasteiger partial charge is 0.493 e. The number of ether oxygens (including phenoxy) is 1. The Labute approximate surface area is 140 Å². The van der Waals surface area contributed by atoms with E-state index in [-0.39, 0.29) is 0 Å². The van der Waals surface area contributed by atoms with E-state index in [1.54, 1.807) is 11.8 Å². The number of halogens is 1.